The Morgan fingerprint density at radius 2 is 1.83 bits per heavy atom. The predicted molar refractivity (Wildman–Crippen MR) is 87.6 cm³/mol. The topological polar surface area (TPSA) is 48.3 Å². The lowest BCUT2D eigenvalue weighted by Crippen LogP contribution is -2.18. The second kappa shape index (κ2) is 6.03. The molecule has 0 bridgehead atoms. The molecule has 2 aromatic rings. The normalized spacial score (nSPS) is 16.4. The Balaban J connectivity index is 1.86. The summed E-state index contributed by atoms with van der Waals surface area (Å²) in [4.78, 5) is 24.9. The van der Waals surface area contributed by atoms with Crippen LogP contribution in [-0.4, -0.2) is 22.4 Å². The summed E-state index contributed by atoms with van der Waals surface area (Å²) < 4.78 is 7.27. The second-order valence-corrected chi connectivity index (χ2v) is 6.32. The van der Waals surface area contributed by atoms with Crippen LogP contribution in [-0.2, 0) is 16.1 Å². The van der Waals surface area contributed by atoms with E-state index in [2.05, 4.69) is 0 Å². The molecular formula is C19H21NO3. The van der Waals surface area contributed by atoms with E-state index >= 15 is 0 Å². The van der Waals surface area contributed by atoms with Crippen LogP contribution in [0.3, 0.4) is 0 Å². The van der Waals surface area contributed by atoms with E-state index in [1.54, 1.807) is 0 Å². The Morgan fingerprint density at radius 1 is 1.13 bits per heavy atom. The molecule has 4 nitrogen and oxygen atoms in total. The van der Waals surface area contributed by atoms with E-state index < -0.39 is 0 Å². The summed E-state index contributed by atoms with van der Waals surface area (Å²) in [6, 6.07) is 11.2. The molecule has 0 amide bonds. The van der Waals surface area contributed by atoms with Crippen LogP contribution in [0.1, 0.15) is 53.5 Å². The molecule has 3 rings (SSSR count). The standard InChI is InChI=1S/C19H21NO3/c1-12(2)23-19(22)15-10-11-20-16(15)8-9-17(20)18(21)14-6-4-13(3)5-7-14/h4-9,12,15H,10-11H2,1-3H3. The summed E-state index contributed by atoms with van der Waals surface area (Å²) in [6.07, 6.45) is 0.566. The van der Waals surface area contributed by atoms with Crippen LogP contribution in [0.5, 0.6) is 0 Å². The van der Waals surface area contributed by atoms with Crippen molar-refractivity contribution in [1.82, 2.24) is 4.57 Å². The Kier molecular flexibility index (Phi) is 4.07. The van der Waals surface area contributed by atoms with Gasteiger partial charge in [-0.15, -0.1) is 0 Å². The predicted octanol–water partition coefficient (Wildman–Crippen LogP) is 3.47. The highest BCUT2D eigenvalue weighted by molar-refractivity contribution is 6.08. The van der Waals surface area contributed by atoms with Gasteiger partial charge in [-0.3, -0.25) is 9.59 Å². The highest BCUT2D eigenvalue weighted by Gasteiger charge is 2.33. The summed E-state index contributed by atoms with van der Waals surface area (Å²) in [5.41, 5.74) is 3.32. The van der Waals surface area contributed by atoms with Gasteiger partial charge in [0.2, 0.25) is 5.78 Å². The van der Waals surface area contributed by atoms with Crippen molar-refractivity contribution >= 4 is 11.8 Å². The Morgan fingerprint density at radius 3 is 2.48 bits per heavy atom. The largest absolute Gasteiger partial charge is 0.462 e. The molecular weight excluding hydrogens is 290 g/mol. The number of ketones is 1. The first-order chi connectivity index (χ1) is 11.0. The van der Waals surface area contributed by atoms with Crippen LogP contribution in [0.4, 0.5) is 0 Å². The van der Waals surface area contributed by atoms with Crippen molar-refractivity contribution in [3.63, 3.8) is 0 Å². The summed E-state index contributed by atoms with van der Waals surface area (Å²) in [5.74, 6) is -0.475. The molecule has 0 aliphatic carbocycles. The van der Waals surface area contributed by atoms with Crippen molar-refractivity contribution in [3.8, 4) is 0 Å². The van der Waals surface area contributed by atoms with Crippen LogP contribution in [0.2, 0.25) is 0 Å². The zero-order valence-corrected chi connectivity index (χ0v) is 13.7. The number of aromatic nitrogens is 1. The fourth-order valence-corrected chi connectivity index (χ4v) is 3.05. The number of rotatable bonds is 4. The summed E-state index contributed by atoms with van der Waals surface area (Å²) in [6.45, 7) is 6.36. The van der Waals surface area contributed by atoms with Gasteiger partial charge < -0.3 is 9.30 Å². The molecule has 0 saturated heterocycles. The first-order valence-electron chi connectivity index (χ1n) is 7.98. The molecule has 0 fully saturated rings. The van der Waals surface area contributed by atoms with Gasteiger partial charge in [0.05, 0.1) is 17.7 Å². The number of carbonyl (C=O) groups is 2. The smallest absolute Gasteiger partial charge is 0.315 e. The molecule has 0 radical (unpaired) electrons. The quantitative estimate of drug-likeness (QED) is 0.641. The lowest BCUT2D eigenvalue weighted by atomic mass is 10.0. The molecule has 0 spiro atoms. The molecule has 120 valence electrons. The van der Waals surface area contributed by atoms with E-state index in [0.717, 1.165) is 11.3 Å². The van der Waals surface area contributed by atoms with Gasteiger partial charge in [-0.2, -0.15) is 0 Å². The Labute approximate surface area is 136 Å². The third kappa shape index (κ3) is 2.93. The number of hydrogen-bond donors (Lipinski definition) is 0. The third-order valence-corrected chi connectivity index (χ3v) is 4.20. The molecule has 0 N–H and O–H groups in total. The Hall–Kier alpha value is -2.36. The molecule has 0 saturated carbocycles. The van der Waals surface area contributed by atoms with Crippen molar-refractivity contribution in [2.24, 2.45) is 0 Å². The number of ether oxygens (including phenoxy) is 1. The summed E-state index contributed by atoms with van der Waals surface area (Å²) in [7, 11) is 0. The minimum atomic E-state index is -0.267. The van der Waals surface area contributed by atoms with Gasteiger partial charge in [-0.25, -0.2) is 0 Å². The van der Waals surface area contributed by atoms with Crippen LogP contribution < -0.4 is 0 Å². The average Bonchev–Trinajstić information content (AvgIpc) is 3.07. The zero-order chi connectivity index (χ0) is 16.6. The number of nitrogens with zero attached hydrogens (tertiary/aromatic N) is 1. The van der Waals surface area contributed by atoms with Gasteiger partial charge in [0.1, 0.15) is 0 Å². The monoisotopic (exact) mass is 311 g/mol. The number of hydrogen-bond acceptors (Lipinski definition) is 3. The first kappa shape index (κ1) is 15.5. The van der Waals surface area contributed by atoms with Crippen LogP contribution in [0.15, 0.2) is 36.4 Å². The van der Waals surface area contributed by atoms with E-state index in [-0.39, 0.29) is 23.8 Å². The SMILES string of the molecule is Cc1ccc(C(=O)c2ccc3n2CCC3C(=O)OC(C)C)cc1. The molecule has 1 aromatic carbocycles. The molecule has 2 heterocycles. The van der Waals surface area contributed by atoms with E-state index in [9.17, 15) is 9.59 Å². The first-order valence-corrected chi connectivity index (χ1v) is 7.98. The minimum absolute atomic E-state index is 0.00544. The van der Waals surface area contributed by atoms with Crippen molar-refractivity contribution in [3.05, 3.63) is 58.9 Å². The molecule has 1 unspecified atom stereocenters. The highest BCUT2D eigenvalue weighted by atomic mass is 16.5. The van der Waals surface area contributed by atoms with E-state index in [1.165, 1.54) is 0 Å². The zero-order valence-electron chi connectivity index (χ0n) is 13.7. The van der Waals surface area contributed by atoms with Gasteiger partial charge in [-0.1, -0.05) is 29.8 Å². The van der Waals surface area contributed by atoms with Gasteiger partial charge in [0.25, 0.3) is 0 Å². The maximum Gasteiger partial charge on any atom is 0.315 e. The van der Waals surface area contributed by atoms with Gasteiger partial charge >= 0.3 is 5.97 Å². The summed E-state index contributed by atoms with van der Waals surface area (Å²) >= 11 is 0. The second-order valence-electron chi connectivity index (χ2n) is 6.32. The summed E-state index contributed by atoms with van der Waals surface area (Å²) in [5, 5.41) is 0. The fourth-order valence-electron chi connectivity index (χ4n) is 3.05. The number of benzene rings is 1. The van der Waals surface area contributed by atoms with Crippen molar-refractivity contribution in [1.29, 1.82) is 0 Å². The van der Waals surface area contributed by atoms with Crippen LogP contribution >= 0.6 is 0 Å². The molecule has 1 aliphatic rings. The lowest BCUT2D eigenvalue weighted by molar-refractivity contribution is -0.149. The number of fused-ring (bicyclic) bond motifs is 1. The van der Waals surface area contributed by atoms with Crippen molar-refractivity contribution < 1.29 is 14.3 Å². The van der Waals surface area contributed by atoms with Crippen LogP contribution in [0, 0.1) is 6.92 Å². The maximum atomic E-state index is 12.7. The van der Waals surface area contributed by atoms with Crippen molar-refractivity contribution in [2.45, 2.75) is 45.8 Å². The minimum Gasteiger partial charge on any atom is -0.462 e. The molecule has 4 heteroatoms. The average molecular weight is 311 g/mol. The highest BCUT2D eigenvalue weighted by Crippen LogP contribution is 2.32. The number of esters is 1. The van der Waals surface area contributed by atoms with E-state index in [1.807, 2.05) is 61.7 Å². The van der Waals surface area contributed by atoms with Gasteiger partial charge in [-0.05, 0) is 39.3 Å². The van der Waals surface area contributed by atoms with Crippen LogP contribution in [0.25, 0.3) is 0 Å². The molecule has 1 atom stereocenters. The Bertz CT molecular complexity index is 740. The lowest BCUT2D eigenvalue weighted by Gasteiger charge is -2.12. The van der Waals surface area contributed by atoms with E-state index in [4.69, 9.17) is 4.74 Å². The number of carbonyl (C=O) groups excluding carboxylic acids is 2. The fraction of sp³-hybridized carbons (Fsp3) is 0.368. The van der Waals surface area contributed by atoms with Gasteiger partial charge in [0, 0.05) is 17.8 Å². The van der Waals surface area contributed by atoms with Gasteiger partial charge in [0.15, 0.2) is 0 Å². The number of aryl methyl sites for hydroxylation is 1. The molecule has 1 aromatic heterocycles. The molecule has 23 heavy (non-hydrogen) atoms. The maximum absolute atomic E-state index is 12.7. The van der Waals surface area contributed by atoms with Crippen molar-refractivity contribution in [2.75, 3.05) is 0 Å². The third-order valence-electron chi connectivity index (χ3n) is 4.20. The molecule has 1 aliphatic heterocycles. The van der Waals surface area contributed by atoms with E-state index in [0.29, 0.717) is 24.2 Å².